The molecule has 1 aromatic carbocycles. The molecule has 0 bridgehead atoms. The van der Waals surface area contributed by atoms with Crippen molar-refractivity contribution >= 4 is 17.7 Å². The molecule has 0 radical (unpaired) electrons. The van der Waals surface area contributed by atoms with Crippen LogP contribution in [0, 0.1) is 0 Å². The Bertz CT molecular complexity index is 286. The molecule has 0 spiro atoms. The lowest BCUT2D eigenvalue weighted by molar-refractivity contribution is 0.0315. The van der Waals surface area contributed by atoms with Gasteiger partial charge in [0.2, 0.25) is 0 Å². The van der Waals surface area contributed by atoms with Gasteiger partial charge in [0.1, 0.15) is 0 Å². The first-order valence-electron chi connectivity index (χ1n) is 3.53. The van der Waals surface area contributed by atoms with E-state index in [9.17, 15) is 4.79 Å². The van der Waals surface area contributed by atoms with Crippen molar-refractivity contribution in [3.63, 3.8) is 0 Å². The van der Waals surface area contributed by atoms with Crippen LogP contribution in [0.25, 0.3) is 0 Å². The molecular formula is C8H8ClNO3. The number of amides is 1. The van der Waals surface area contributed by atoms with Gasteiger partial charge in [-0.15, -0.1) is 0 Å². The summed E-state index contributed by atoms with van der Waals surface area (Å²) in [6.07, 6.45) is -1.21. The zero-order valence-electron chi connectivity index (χ0n) is 6.66. The van der Waals surface area contributed by atoms with Crippen LogP contribution in [-0.2, 0) is 11.4 Å². The van der Waals surface area contributed by atoms with Gasteiger partial charge in [0, 0.05) is 5.02 Å². The van der Waals surface area contributed by atoms with E-state index < -0.39 is 6.09 Å². The second-order valence-electron chi connectivity index (χ2n) is 2.32. The quantitative estimate of drug-likeness (QED) is 0.736. The summed E-state index contributed by atoms with van der Waals surface area (Å²) in [5.74, 6) is 0. The molecule has 2 N–H and O–H groups in total. The molecule has 1 aromatic rings. The highest BCUT2D eigenvalue weighted by atomic mass is 35.5. The fourth-order valence-electron chi connectivity index (χ4n) is 0.762. The molecule has 1 rings (SSSR count). The number of carboxylic acid groups (broad SMARTS) is 1. The molecule has 0 atom stereocenters. The van der Waals surface area contributed by atoms with Crippen molar-refractivity contribution in [2.45, 2.75) is 6.61 Å². The number of hydrogen-bond donors (Lipinski definition) is 2. The Hall–Kier alpha value is -1.26. The Kier molecular flexibility index (Phi) is 3.54. The molecule has 0 aromatic heterocycles. The monoisotopic (exact) mass is 201 g/mol. The van der Waals surface area contributed by atoms with Crippen LogP contribution in [0.4, 0.5) is 4.79 Å². The summed E-state index contributed by atoms with van der Waals surface area (Å²) >= 11 is 5.65. The van der Waals surface area contributed by atoms with Gasteiger partial charge in [0.15, 0.2) is 0 Å². The molecule has 13 heavy (non-hydrogen) atoms. The molecule has 0 aliphatic rings. The molecule has 5 heteroatoms. The van der Waals surface area contributed by atoms with E-state index in [1.54, 1.807) is 29.7 Å². The normalized spacial score (nSPS) is 9.62. The number of benzene rings is 1. The van der Waals surface area contributed by atoms with E-state index in [2.05, 4.69) is 4.84 Å². The molecule has 70 valence electrons. The highest BCUT2D eigenvalue weighted by molar-refractivity contribution is 6.30. The lowest BCUT2D eigenvalue weighted by Crippen LogP contribution is -2.20. The van der Waals surface area contributed by atoms with Crippen molar-refractivity contribution < 1.29 is 14.7 Å². The van der Waals surface area contributed by atoms with Crippen LogP contribution in [0.1, 0.15) is 5.56 Å². The van der Waals surface area contributed by atoms with Crippen molar-refractivity contribution in [2.75, 3.05) is 0 Å². The van der Waals surface area contributed by atoms with Crippen LogP contribution < -0.4 is 5.48 Å². The molecule has 0 saturated carbocycles. The lowest BCUT2D eigenvalue weighted by atomic mass is 10.2. The second-order valence-corrected chi connectivity index (χ2v) is 2.76. The van der Waals surface area contributed by atoms with Crippen molar-refractivity contribution in [1.29, 1.82) is 0 Å². The van der Waals surface area contributed by atoms with Gasteiger partial charge in [-0.2, -0.15) is 5.48 Å². The fourth-order valence-corrected chi connectivity index (χ4v) is 0.888. The van der Waals surface area contributed by atoms with Crippen LogP contribution >= 0.6 is 11.6 Å². The predicted molar refractivity (Wildman–Crippen MR) is 47.4 cm³/mol. The maximum absolute atomic E-state index is 9.99. The summed E-state index contributed by atoms with van der Waals surface area (Å²) in [5, 5.41) is 8.81. The third-order valence-corrected chi connectivity index (χ3v) is 1.56. The smallest absolute Gasteiger partial charge is 0.428 e. The molecule has 0 aliphatic carbocycles. The number of rotatable bonds is 3. The minimum Gasteiger partial charge on any atom is -0.464 e. The fraction of sp³-hybridized carbons (Fsp3) is 0.125. The van der Waals surface area contributed by atoms with Gasteiger partial charge in [0.25, 0.3) is 0 Å². The second kappa shape index (κ2) is 4.69. The maximum Gasteiger partial charge on any atom is 0.428 e. The topological polar surface area (TPSA) is 58.6 Å². The van der Waals surface area contributed by atoms with Crippen LogP contribution in [0.15, 0.2) is 24.3 Å². The highest BCUT2D eigenvalue weighted by Gasteiger charge is 1.95. The first kappa shape index (κ1) is 9.83. The number of nitrogens with one attached hydrogen (secondary N) is 1. The molecule has 4 nitrogen and oxygen atoms in total. The van der Waals surface area contributed by atoms with Crippen molar-refractivity contribution in [3.05, 3.63) is 34.9 Å². The predicted octanol–water partition coefficient (Wildman–Crippen LogP) is 2.04. The van der Waals surface area contributed by atoms with E-state index in [-0.39, 0.29) is 6.61 Å². The molecular weight excluding hydrogens is 194 g/mol. The summed E-state index contributed by atoms with van der Waals surface area (Å²) < 4.78 is 0. The van der Waals surface area contributed by atoms with Crippen molar-refractivity contribution in [3.8, 4) is 0 Å². The average molecular weight is 202 g/mol. The first-order valence-corrected chi connectivity index (χ1v) is 3.91. The Morgan fingerprint density at radius 1 is 1.46 bits per heavy atom. The van der Waals surface area contributed by atoms with Gasteiger partial charge in [-0.25, -0.2) is 4.79 Å². The Balaban J connectivity index is 2.37. The molecule has 0 saturated heterocycles. The van der Waals surface area contributed by atoms with Gasteiger partial charge in [0.05, 0.1) is 6.61 Å². The van der Waals surface area contributed by atoms with Gasteiger partial charge < -0.3 is 5.11 Å². The van der Waals surface area contributed by atoms with E-state index in [1.165, 1.54) is 0 Å². The zero-order chi connectivity index (χ0) is 9.68. The van der Waals surface area contributed by atoms with Gasteiger partial charge in [-0.1, -0.05) is 23.7 Å². The SMILES string of the molecule is O=C(O)NOCc1ccc(Cl)cc1. The van der Waals surface area contributed by atoms with Crippen LogP contribution in [-0.4, -0.2) is 11.2 Å². The third kappa shape index (κ3) is 3.78. The molecule has 0 heterocycles. The average Bonchev–Trinajstić information content (AvgIpc) is 2.08. The Morgan fingerprint density at radius 2 is 2.08 bits per heavy atom. The lowest BCUT2D eigenvalue weighted by Gasteiger charge is -2.01. The van der Waals surface area contributed by atoms with Crippen molar-refractivity contribution in [2.24, 2.45) is 0 Å². The van der Waals surface area contributed by atoms with Gasteiger partial charge in [-0.05, 0) is 17.7 Å². The number of hydrogen-bond acceptors (Lipinski definition) is 2. The van der Waals surface area contributed by atoms with Crippen LogP contribution in [0.3, 0.4) is 0 Å². The van der Waals surface area contributed by atoms with E-state index in [1.807, 2.05) is 0 Å². The van der Waals surface area contributed by atoms with Gasteiger partial charge >= 0.3 is 6.09 Å². The standard InChI is InChI=1S/C8H8ClNO3/c9-7-3-1-6(2-4-7)5-13-10-8(11)12/h1-4,10H,5H2,(H,11,12). The molecule has 0 unspecified atom stereocenters. The summed E-state index contributed by atoms with van der Waals surface area (Å²) in [5.41, 5.74) is 2.64. The van der Waals surface area contributed by atoms with Crippen LogP contribution in [0.2, 0.25) is 5.02 Å². The largest absolute Gasteiger partial charge is 0.464 e. The van der Waals surface area contributed by atoms with Crippen LogP contribution in [0.5, 0.6) is 0 Å². The third-order valence-electron chi connectivity index (χ3n) is 1.31. The number of hydroxylamine groups is 1. The maximum atomic E-state index is 9.99. The summed E-state index contributed by atoms with van der Waals surface area (Å²) in [6.45, 7) is 0.184. The van der Waals surface area contributed by atoms with Gasteiger partial charge in [-0.3, -0.25) is 4.84 Å². The summed E-state index contributed by atoms with van der Waals surface area (Å²) in [4.78, 5) is 14.6. The summed E-state index contributed by atoms with van der Waals surface area (Å²) in [6, 6.07) is 6.93. The number of carbonyl (C=O) groups is 1. The first-order chi connectivity index (χ1) is 6.18. The van der Waals surface area contributed by atoms with E-state index in [0.29, 0.717) is 5.02 Å². The molecule has 0 fully saturated rings. The van der Waals surface area contributed by atoms with Crippen molar-refractivity contribution in [1.82, 2.24) is 5.48 Å². The Morgan fingerprint density at radius 3 is 2.62 bits per heavy atom. The minimum atomic E-state index is -1.21. The summed E-state index contributed by atoms with van der Waals surface area (Å²) in [7, 11) is 0. The van der Waals surface area contributed by atoms with E-state index >= 15 is 0 Å². The highest BCUT2D eigenvalue weighted by Crippen LogP contribution is 2.09. The number of halogens is 1. The zero-order valence-corrected chi connectivity index (χ0v) is 7.41. The Labute approximate surface area is 80.0 Å². The minimum absolute atomic E-state index is 0.184. The molecule has 1 amide bonds. The van der Waals surface area contributed by atoms with E-state index in [0.717, 1.165) is 5.56 Å². The van der Waals surface area contributed by atoms with E-state index in [4.69, 9.17) is 16.7 Å². The molecule has 0 aliphatic heterocycles.